The highest BCUT2D eigenvalue weighted by molar-refractivity contribution is 5.99. The molecule has 3 atom stereocenters. The first-order valence-electron chi connectivity index (χ1n) is 8.57. The number of hydrogen-bond donors (Lipinski definition) is 1. The van der Waals surface area contributed by atoms with E-state index >= 15 is 0 Å². The van der Waals surface area contributed by atoms with Crippen LogP contribution in [0, 0.1) is 17.3 Å². The van der Waals surface area contributed by atoms with Gasteiger partial charge in [-0.2, -0.15) is 23.3 Å². The molecule has 1 saturated carbocycles. The van der Waals surface area contributed by atoms with Crippen LogP contribution in [0.2, 0.25) is 0 Å². The molecule has 0 aromatic carbocycles. The third-order valence-electron chi connectivity index (χ3n) is 5.47. The fourth-order valence-corrected chi connectivity index (χ4v) is 3.82. The molecule has 26 heavy (non-hydrogen) atoms. The number of rotatable bonds is 1. The number of nitrogens with zero attached hydrogens (tertiary/aromatic N) is 3. The van der Waals surface area contributed by atoms with Crippen molar-refractivity contribution in [1.29, 1.82) is 0 Å². The molecule has 3 rings (SSSR count). The van der Waals surface area contributed by atoms with Crippen molar-refractivity contribution >= 4 is 11.6 Å². The number of amides is 1. The molecule has 1 fully saturated rings. The molecule has 0 spiro atoms. The van der Waals surface area contributed by atoms with E-state index in [0.717, 1.165) is 0 Å². The summed E-state index contributed by atoms with van der Waals surface area (Å²) in [6.45, 7) is 5.92. The minimum atomic E-state index is -5.02. The first-order chi connectivity index (χ1) is 12.0. The van der Waals surface area contributed by atoms with Crippen LogP contribution >= 0.6 is 0 Å². The van der Waals surface area contributed by atoms with Crippen LogP contribution in [0.5, 0.6) is 0 Å². The maximum atomic E-state index is 13.9. The molecule has 0 unspecified atom stereocenters. The Morgan fingerprint density at radius 3 is 2.42 bits per heavy atom. The molecule has 2 heterocycles. The number of aromatic nitrogens is 1. The maximum absolute atomic E-state index is 13.9. The lowest BCUT2D eigenvalue weighted by molar-refractivity contribution is -0.314. The molecular formula is C18H22F3N3O2. The normalized spacial score (nSPS) is 29.3. The van der Waals surface area contributed by atoms with Gasteiger partial charge in [0, 0.05) is 23.7 Å². The first kappa shape index (κ1) is 18.8. The second-order valence-corrected chi connectivity index (χ2v) is 8.06. The summed E-state index contributed by atoms with van der Waals surface area (Å²) in [5.41, 5.74) is -3.28. The van der Waals surface area contributed by atoms with Crippen LogP contribution < -0.4 is 0 Å². The molecule has 5 nitrogen and oxygen atoms in total. The highest BCUT2D eigenvalue weighted by atomic mass is 19.4. The fraction of sp³-hybridized carbons (Fsp3) is 0.611. The minimum Gasteiger partial charge on any atom is -0.362 e. The van der Waals surface area contributed by atoms with Crippen LogP contribution in [0.1, 0.15) is 50.4 Å². The lowest BCUT2D eigenvalue weighted by atomic mass is 9.66. The van der Waals surface area contributed by atoms with Gasteiger partial charge in [0.2, 0.25) is 0 Å². The van der Waals surface area contributed by atoms with Gasteiger partial charge in [-0.25, -0.2) is 0 Å². The van der Waals surface area contributed by atoms with E-state index in [2.05, 4.69) is 10.1 Å². The van der Waals surface area contributed by atoms with E-state index in [1.807, 2.05) is 20.8 Å². The zero-order valence-electron chi connectivity index (χ0n) is 14.9. The highest BCUT2D eigenvalue weighted by Crippen LogP contribution is 2.52. The number of halogens is 3. The Balaban J connectivity index is 2.01. The number of fused-ring (bicyclic) bond motifs is 1. The van der Waals surface area contributed by atoms with Crippen LogP contribution in [-0.2, 0) is 0 Å². The number of pyridine rings is 1. The Bertz CT molecular complexity index is 727. The van der Waals surface area contributed by atoms with Crippen LogP contribution in [0.25, 0.3) is 0 Å². The fourth-order valence-electron chi connectivity index (χ4n) is 3.82. The zero-order valence-corrected chi connectivity index (χ0v) is 14.9. The van der Waals surface area contributed by atoms with Crippen LogP contribution in [0.15, 0.2) is 29.6 Å². The Morgan fingerprint density at radius 2 is 1.88 bits per heavy atom. The van der Waals surface area contributed by atoms with Gasteiger partial charge in [-0.1, -0.05) is 20.8 Å². The Kier molecular flexibility index (Phi) is 4.37. The SMILES string of the molecule is CC(C)(C)[C@@H]1CCC2=NN(C(=O)c3ccncc3)[C@](O)(C(F)(F)F)[C@@H]2C1. The standard InChI is InChI=1S/C18H22F3N3O2/c1-16(2,3)12-4-5-14-13(10-12)17(26,18(19,20)21)24(23-14)15(25)11-6-8-22-9-7-11/h6-9,12-13,26H,4-5,10H2,1-3H3/t12-,13-,17-/m1/s1. The maximum Gasteiger partial charge on any atom is 0.439 e. The molecule has 1 aromatic rings. The van der Waals surface area contributed by atoms with E-state index < -0.39 is 23.7 Å². The smallest absolute Gasteiger partial charge is 0.362 e. The molecule has 1 aliphatic carbocycles. The van der Waals surface area contributed by atoms with Gasteiger partial charge in [-0.3, -0.25) is 9.78 Å². The quantitative estimate of drug-likeness (QED) is 0.822. The van der Waals surface area contributed by atoms with E-state index in [1.165, 1.54) is 24.5 Å². The number of aliphatic hydroxyl groups is 1. The lowest BCUT2D eigenvalue weighted by Gasteiger charge is -2.42. The molecule has 2 aliphatic rings. The van der Waals surface area contributed by atoms with Crippen LogP contribution in [-0.4, -0.2) is 38.6 Å². The Labute approximate surface area is 149 Å². The predicted molar refractivity (Wildman–Crippen MR) is 89.1 cm³/mol. The second kappa shape index (κ2) is 6.04. The topological polar surface area (TPSA) is 65.8 Å². The van der Waals surface area contributed by atoms with E-state index in [9.17, 15) is 23.1 Å². The predicted octanol–water partition coefficient (Wildman–Crippen LogP) is 3.61. The molecule has 0 radical (unpaired) electrons. The largest absolute Gasteiger partial charge is 0.439 e. The third kappa shape index (κ3) is 2.90. The van der Waals surface area contributed by atoms with Gasteiger partial charge < -0.3 is 5.11 Å². The molecule has 142 valence electrons. The van der Waals surface area contributed by atoms with E-state index in [-0.39, 0.29) is 34.0 Å². The zero-order chi connectivity index (χ0) is 19.3. The summed E-state index contributed by atoms with van der Waals surface area (Å²) < 4.78 is 41.8. The molecule has 0 saturated heterocycles. The summed E-state index contributed by atoms with van der Waals surface area (Å²) in [5, 5.41) is 14.9. The van der Waals surface area contributed by atoms with E-state index in [4.69, 9.17) is 0 Å². The van der Waals surface area contributed by atoms with Crippen molar-refractivity contribution in [2.75, 3.05) is 0 Å². The van der Waals surface area contributed by atoms with Crippen molar-refractivity contribution in [3.05, 3.63) is 30.1 Å². The highest BCUT2D eigenvalue weighted by Gasteiger charge is 2.69. The van der Waals surface area contributed by atoms with Crippen molar-refractivity contribution in [2.24, 2.45) is 22.4 Å². The molecule has 0 bridgehead atoms. The van der Waals surface area contributed by atoms with Crippen LogP contribution in [0.3, 0.4) is 0 Å². The molecule has 8 heteroatoms. The van der Waals surface area contributed by atoms with Gasteiger partial charge in [0.25, 0.3) is 11.6 Å². The van der Waals surface area contributed by atoms with Crippen molar-refractivity contribution in [3.63, 3.8) is 0 Å². The average molecular weight is 369 g/mol. The summed E-state index contributed by atoms with van der Waals surface area (Å²) in [6.07, 6.45) is -1.24. The lowest BCUT2D eigenvalue weighted by Crippen LogP contribution is -2.62. The van der Waals surface area contributed by atoms with E-state index in [1.54, 1.807) is 0 Å². The summed E-state index contributed by atoms with van der Waals surface area (Å²) in [5.74, 6) is -2.23. The van der Waals surface area contributed by atoms with Crippen molar-refractivity contribution < 1.29 is 23.1 Å². The minimum absolute atomic E-state index is 0.00181. The molecular weight excluding hydrogens is 347 g/mol. The monoisotopic (exact) mass is 369 g/mol. The Hall–Kier alpha value is -1.96. The van der Waals surface area contributed by atoms with Gasteiger partial charge in [0.1, 0.15) is 0 Å². The molecule has 1 aromatic heterocycles. The van der Waals surface area contributed by atoms with Crippen LogP contribution in [0.4, 0.5) is 13.2 Å². The second-order valence-electron chi connectivity index (χ2n) is 8.06. The summed E-state index contributed by atoms with van der Waals surface area (Å²) >= 11 is 0. The van der Waals surface area contributed by atoms with E-state index in [0.29, 0.717) is 12.8 Å². The number of hydrazone groups is 1. The van der Waals surface area contributed by atoms with Crippen molar-refractivity contribution in [2.45, 2.75) is 51.9 Å². The van der Waals surface area contributed by atoms with Gasteiger partial charge in [0.15, 0.2) is 0 Å². The Morgan fingerprint density at radius 1 is 1.27 bits per heavy atom. The third-order valence-corrected chi connectivity index (χ3v) is 5.47. The van der Waals surface area contributed by atoms with Gasteiger partial charge in [-0.05, 0) is 42.7 Å². The first-order valence-corrected chi connectivity index (χ1v) is 8.57. The van der Waals surface area contributed by atoms with Crippen molar-refractivity contribution in [1.82, 2.24) is 9.99 Å². The van der Waals surface area contributed by atoms with Gasteiger partial charge in [-0.15, -0.1) is 0 Å². The van der Waals surface area contributed by atoms with Gasteiger partial charge in [0.05, 0.1) is 5.92 Å². The number of carbonyl (C=O) groups is 1. The van der Waals surface area contributed by atoms with Gasteiger partial charge >= 0.3 is 6.18 Å². The van der Waals surface area contributed by atoms with Crippen molar-refractivity contribution in [3.8, 4) is 0 Å². The number of hydrogen-bond acceptors (Lipinski definition) is 4. The number of alkyl halides is 3. The summed E-state index contributed by atoms with van der Waals surface area (Å²) in [4.78, 5) is 16.4. The summed E-state index contributed by atoms with van der Waals surface area (Å²) in [6, 6.07) is 2.61. The number of carbonyl (C=O) groups excluding carboxylic acids is 1. The molecule has 1 N–H and O–H groups in total. The summed E-state index contributed by atoms with van der Waals surface area (Å²) in [7, 11) is 0. The molecule has 1 amide bonds. The average Bonchev–Trinajstić information content (AvgIpc) is 2.88. The molecule has 1 aliphatic heterocycles.